The lowest BCUT2D eigenvalue weighted by molar-refractivity contribution is 0.518. The fourth-order valence-electron chi connectivity index (χ4n) is 1.21. The molecule has 0 saturated carbocycles. The monoisotopic (exact) mass is 147 g/mol. The topological polar surface area (TPSA) is 39.2 Å². The van der Waals surface area contributed by atoms with Crippen LogP contribution in [0.3, 0.4) is 0 Å². The molecule has 0 saturated heterocycles. The van der Waals surface area contributed by atoms with Gasteiger partial charge in [0.2, 0.25) is 0 Å². The number of fused-ring (bicyclic) bond motifs is 1. The maximum Gasteiger partial charge on any atom is 0.125 e. The van der Waals surface area contributed by atoms with Gasteiger partial charge in [-0.05, 0) is 0 Å². The van der Waals surface area contributed by atoms with Gasteiger partial charge in [0.05, 0.1) is 12.8 Å². The molecule has 56 valence electrons. The van der Waals surface area contributed by atoms with Gasteiger partial charge >= 0.3 is 0 Å². The molecular weight excluding hydrogens is 138 g/mol. The molecule has 0 atom stereocenters. The Balaban J connectivity index is 2.76. The van der Waals surface area contributed by atoms with E-state index in [1.807, 2.05) is 24.3 Å². The van der Waals surface area contributed by atoms with Gasteiger partial charge < -0.3 is 10.2 Å². The lowest BCUT2D eigenvalue weighted by Crippen LogP contribution is -1.93. The van der Waals surface area contributed by atoms with Crippen molar-refractivity contribution in [3.05, 3.63) is 36.3 Å². The van der Waals surface area contributed by atoms with Crippen molar-refractivity contribution in [3.63, 3.8) is 0 Å². The van der Waals surface area contributed by atoms with Crippen molar-refractivity contribution in [1.29, 1.82) is 0 Å². The van der Waals surface area contributed by atoms with Crippen LogP contribution in [0.1, 0.15) is 5.76 Å². The van der Waals surface area contributed by atoms with Gasteiger partial charge in [0.1, 0.15) is 5.76 Å². The number of hydrogen-bond donors (Lipinski definition) is 1. The second-order valence-electron chi connectivity index (χ2n) is 2.45. The van der Waals surface area contributed by atoms with Crippen LogP contribution < -0.4 is 5.73 Å². The predicted octanol–water partition coefficient (Wildman–Crippen LogP) is 1.89. The quantitative estimate of drug-likeness (QED) is 0.669. The fourth-order valence-corrected chi connectivity index (χ4v) is 1.21. The SMILES string of the molecule is NCc1occ2ccccc12. The van der Waals surface area contributed by atoms with E-state index in [-0.39, 0.29) is 0 Å². The van der Waals surface area contributed by atoms with Gasteiger partial charge in [-0.2, -0.15) is 0 Å². The molecule has 0 spiro atoms. The van der Waals surface area contributed by atoms with E-state index in [4.69, 9.17) is 10.2 Å². The average Bonchev–Trinajstić information content (AvgIpc) is 2.47. The van der Waals surface area contributed by atoms with Crippen LogP contribution in [-0.4, -0.2) is 0 Å². The lowest BCUT2D eigenvalue weighted by Gasteiger charge is -1.89. The Morgan fingerprint density at radius 1 is 1.27 bits per heavy atom. The summed E-state index contributed by atoms with van der Waals surface area (Å²) in [5.74, 6) is 0.862. The van der Waals surface area contributed by atoms with E-state index in [0.29, 0.717) is 6.54 Å². The molecule has 1 heterocycles. The van der Waals surface area contributed by atoms with Gasteiger partial charge in [0.25, 0.3) is 0 Å². The minimum Gasteiger partial charge on any atom is -0.467 e. The maximum absolute atomic E-state index is 5.47. The number of hydrogen-bond acceptors (Lipinski definition) is 2. The molecule has 2 aromatic rings. The van der Waals surface area contributed by atoms with Gasteiger partial charge in [0, 0.05) is 10.8 Å². The Hall–Kier alpha value is -1.28. The van der Waals surface area contributed by atoms with Crippen molar-refractivity contribution < 1.29 is 4.42 Å². The third-order valence-corrected chi connectivity index (χ3v) is 1.77. The van der Waals surface area contributed by atoms with Crippen LogP contribution in [0.2, 0.25) is 0 Å². The molecule has 0 amide bonds. The van der Waals surface area contributed by atoms with Crippen LogP contribution >= 0.6 is 0 Å². The van der Waals surface area contributed by atoms with Gasteiger partial charge in [-0.3, -0.25) is 0 Å². The van der Waals surface area contributed by atoms with Gasteiger partial charge in [0.15, 0.2) is 0 Å². The Kier molecular flexibility index (Phi) is 1.40. The van der Waals surface area contributed by atoms with Gasteiger partial charge in [-0.15, -0.1) is 0 Å². The zero-order valence-corrected chi connectivity index (χ0v) is 6.08. The van der Waals surface area contributed by atoms with Crippen molar-refractivity contribution in [1.82, 2.24) is 0 Å². The molecule has 11 heavy (non-hydrogen) atoms. The molecule has 0 aliphatic heterocycles. The van der Waals surface area contributed by atoms with E-state index in [1.54, 1.807) is 6.26 Å². The Bertz CT molecular complexity index is 364. The highest BCUT2D eigenvalue weighted by Crippen LogP contribution is 2.19. The largest absolute Gasteiger partial charge is 0.467 e. The molecule has 0 aliphatic carbocycles. The molecule has 0 unspecified atom stereocenters. The summed E-state index contributed by atoms with van der Waals surface area (Å²) < 4.78 is 5.24. The summed E-state index contributed by atoms with van der Waals surface area (Å²) in [6.45, 7) is 0.466. The number of nitrogens with two attached hydrogens (primary N) is 1. The van der Waals surface area contributed by atoms with Crippen molar-refractivity contribution in [3.8, 4) is 0 Å². The normalized spacial score (nSPS) is 10.6. The number of furan rings is 1. The van der Waals surface area contributed by atoms with Crippen molar-refractivity contribution in [2.45, 2.75) is 6.54 Å². The van der Waals surface area contributed by atoms with E-state index >= 15 is 0 Å². The maximum atomic E-state index is 5.47. The highest BCUT2D eigenvalue weighted by Gasteiger charge is 2.01. The Morgan fingerprint density at radius 3 is 2.91 bits per heavy atom. The fraction of sp³-hybridized carbons (Fsp3) is 0.111. The number of rotatable bonds is 1. The Morgan fingerprint density at radius 2 is 2.09 bits per heavy atom. The average molecular weight is 147 g/mol. The zero-order valence-electron chi connectivity index (χ0n) is 6.08. The van der Waals surface area contributed by atoms with E-state index in [0.717, 1.165) is 16.5 Å². The van der Waals surface area contributed by atoms with Crippen molar-refractivity contribution >= 4 is 10.8 Å². The van der Waals surface area contributed by atoms with Crippen LogP contribution in [0.5, 0.6) is 0 Å². The summed E-state index contributed by atoms with van der Waals surface area (Å²) in [6, 6.07) is 7.99. The van der Waals surface area contributed by atoms with Crippen molar-refractivity contribution in [2.75, 3.05) is 0 Å². The molecule has 0 bridgehead atoms. The second kappa shape index (κ2) is 2.40. The van der Waals surface area contributed by atoms with E-state index in [1.165, 1.54) is 0 Å². The molecule has 0 fully saturated rings. The first kappa shape index (κ1) is 6.43. The molecule has 1 aromatic carbocycles. The van der Waals surface area contributed by atoms with Crippen molar-refractivity contribution in [2.24, 2.45) is 5.73 Å². The third kappa shape index (κ3) is 0.917. The van der Waals surface area contributed by atoms with Crippen LogP contribution in [-0.2, 0) is 6.54 Å². The summed E-state index contributed by atoms with van der Waals surface area (Å²) in [5.41, 5.74) is 5.47. The van der Waals surface area contributed by atoms with Crippen LogP contribution in [0.25, 0.3) is 10.8 Å². The van der Waals surface area contributed by atoms with E-state index in [9.17, 15) is 0 Å². The standard InChI is InChI=1S/C9H9NO/c10-5-9-8-4-2-1-3-7(8)6-11-9/h1-4,6H,5,10H2. The smallest absolute Gasteiger partial charge is 0.125 e. The molecule has 2 N–H and O–H groups in total. The minimum atomic E-state index is 0.466. The number of benzene rings is 1. The highest BCUT2D eigenvalue weighted by molar-refractivity contribution is 5.83. The summed E-state index contributed by atoms with van der Waals surface area (Å²) in [7, 11) is 0. The first-order chi connectivity index (χ1) is 5.42. The third-order valence-electron chi connectivity index (χ3n) is 1.77. The molecule has 1 aromatic heterocycles. The summed E-state index contributed by atoms with van der Waals surface area (Å²) in [4.78, 5) is 0. The van der Waals surface area contributed by atoms with Crippen LogP contribution in [0, 0.1) is 0 Å². The molecule has 2 rings (SSSR count). The predicted molar refractivity (Wildman–Crippen MR) is 44.1 cm³/mol. The molecule has 2 nitrogen and oxygen atoms in total. The van der Waals surface area contributed by atoms with E-state index < -0.39 is 0 Å². The van der Waals surface area contributed by atoms with E-state index in [2.05, 4.69) is 0 Å². The van der Waals surface area contributed by atoms with Gasteiger partial charge in [-0.1, -0.05) is 24.3 Å². The summed E-state index contributed by atoms with van der Waals surface area (Å²) in [5, 5.41) is 2.24. The molecule has 0 radical (unpaired) electrons. The van der Waals surface area contributed by atoms with Crippen LogP contribution in [0.4, 0.5) is 0 Å². The molecular formula is C9H9NO. The lowest BCUT2D eigenvalue weighted by atomic mass is 10.2. The minimum absolute atomic E-state index is 0.466. The molecule has 2 heteroatoms. The zero-order chi connectivity index (χ0) is 7.68. The Labute approximate surface area is 64.6 Å². The first-order valence-corrected chi connectivity index (χ1v) is 3.57. The van der Waals surface area contributed by atoms with Gasteiger partial charge in [-0.25, -0.2) is 0 Å². The first-order valence-electron chi connectivity index (χ1n) is 3.57. The summed E-state index contributed by atoms with van der Waals surface area (Å²) >= 11 is 0. The van der Waals surface area contributed by atoms with Crippen LogP contribution in [0.15, 0.2) is 34.9 Å². The summed E-state index contributed by atoms with van der Waals surface area (Å²) in [6.07, 6.45) is 1.73. The molecule has 0 aliphatic rings. The highest BCUT2D eigenvalue weighted by atomic mass is 16.3. The second-order valence-corrected chi connectivity index (χ2v) is 2.45.